The zero-order chi connectivity index (χ0) is 15.4. The molecule has 0 bridgehead atoms. The molecule has 0 aromatic heterocycles. The Morgan fingerprint density at radius 3 is 1.11 bits per heavy atom. The van der Waals surface area contributed by atoms with E-state index in [0.717, 1.165) is 14.2 Å². The van der Waals surface area contributed by atoms with Crippen LogP contribution >= 0.6 is 0 Å². The fourth-order valence-corrected chi connectivity index (χ4v) is 1.02. The van der Waals surface area contributed by atoms with Crippen LogP contribution in [-0.2, 0) is 33.4 Å². The average Bonchev–Trinajstić information content (AvgIpc) is 2.35. The molecule has 0 aromatic rings. The van der Waals surface area contributed by atoms with Crippen LogP contribution in [0.5, 0.6) is 0 Å². The quantitative estimate of drug-likeness (QED) is 0.417. The lowest BCUT2D eigenvalue weighted by Crippen LogP contribution is -2.42. The number of rotatable bonds is 4. The lowest BCUT2D eigenvalue weighted by molar-refractivity contribution is -0.180. The number of carbonyl (C=O) groups is 4. The number of esters is 4. The third-order valence-corrected chi connectivity index (χ3v) is 2.60. The molecule has 0 heterocycles. The second-order valence-corrected chi connectivity index (χ2v) is 4.91. The van der Waals surface area contributed by atoms with Crippen LogP contribution in [0.2, 0.25) is 0 Å². The van der Waals surface area contributed by atoms with E-state index < -0.39 is 34.7 Å². The number of hydrogen-bond acceptors (Lipinski definition) is 7. The number of methoxy groups -OCH3 is 2. The molecular formula is C12H18O7. The molecule has 0 radical (unpaired) electrons. The summed E-state index contributed by atoms with van der Waals surface area (Å²) in [6.07, 6.45) is 0. The maximum Gasteiger partial charge on any atom is 0.330 e. The molecule has 0 spiro atoms. The summed E-state index contributed by atoms with van der Waals surface area (Å²) >= 11 is 0. The van der Waals surface area contributed by atoms with Crippen molar-refractivity contribution in [3.63, 3.8) is 0 Å². The Hall–Kier alpha value is -1.92. The van der Waals surface area contributed by atoms with Gasteiger partial charge in [-0.2, -0.15) is 0 Å². The molecule has 0 unspecified atom stereocenters. The molecule has 0 aromatic carbocycles. The molecule has 0 fully saturated rings. The number of carbonyl (C=O) groups excluding carboxylic acids is 4. The first-order valence-electron chi connectivity index (χ1n) is 5.45. The van der Waals surface area contributed by atoms with Crippen LogP contribution in [-0.4, -0.2) is 38.1 Å². The Morgan fingerprint density at radius 1 is 0.632 bits per heavy atom. The van der Waals surface area contributed by atoms with Gasteiger partial charge < -0.3 is 14.2 Å². The molecule has 0 saturated heterocycles. The molecule has 0 rings (SSSR count). The van der Waals surface area contributed by atoms with Crippen LogP contribution in [0.25, 0.3) is 0 Å². The van der Waals surface area contributed by atoms with E-state index in [1.165, 1.54) is 27.7 Å². The Labute approximate surface area is 111 Å². The smallest absolute Gasteiger partial charge is 0.330 e. The molecule has 0 N–H and O–H groups in total. The predicted molar refractivity (Wildman–Crippen MR) is 62.7 cm³/mol. The van der Waals surface area contributed by atoms with E-state index >= 15 is 0 Å². The molecule has 0 atom stereocenters. The molecule has 108 valence electrons. The van der Waals surface area contributed by atoms with Gasteiger partial charge in [-0.25, -0.2) is 0 Å². The van der Waals surface area contributed by atoms with Gasteiger partial charge in [-0.1, -0.05) is 0 Å². The van der Waals surface area contributed by atoms with Crippen molar-refractivity contribution in [2.75, 3.05) is 14.2 Å². The van der Waals surface area contributed by atoms with Gasteiger partial charge >= 0.3 is 23.9 Å². The van der Waals surface area contributed by atoms with Gasteiger partial charge in [0.25, 0.3) is 0 Å². The highest BCUT2D eigenvalue weighted by Crippen LogP contribution is 2.24. The average molecular weight is 274 g/mol. The van der Waals surface area contributed by atoms with E-state index in [0.29, 0.717) is 0 Å². The second-order valence-electron chi connectivity index (χ2n) is 4.91. The molecule has 0 aliphatic heterocycles. The third-order valence-electron chi connectivity index (χ3n) is 2.60. The lowest BCUT2D eigenvalue weighted by atomic mass is 9.92. The first-order valence-corrected chi connectivity index (χ1v) is 5.45. The van der Waals surface area contributed by atoms with Crippen molar-refractivity contribution in [1.82, 2.24) is 0 Å². The van der Waals surface area contributed by atoms with Crippen molar-refractivity contribution in [3.05, 3.63) is 0 Å². The minimum atomic E-state index is -1.64. The van der Waals surface area contributed by atoms with Gasteiger partial charge in [-0.3, -0.25) is 19.2 Å². The van der Waals surface area contributed by atoms with Crippen LogP contribution in [0.3, 0.4) is 0 Å². The first kappa shape index (κ1) is 17.1. The van der Waals surface area contributed by atoms with Crippen molar-refractivity contribution in [2.45, 2.75) is 27.7 Å². The van der Waals surface area contributed by atoms with E-state index in [1.54, 1.807) is 0 Å². The molecule has 0 aliphatic rings. The van der Waals surface area contributed by atoms with Gasteiger partial charge in [0, 0.05) is 0 Å². The Morgan fingerprint density at radius 2 is 0.895 bits per heavy atom. The molecule has 7 nitrogen and oxygen atoms in total. The minimum absolute atomic E-state index is 0.846. The largest absolute Gasteiger partial charge is 0.468 e. The van der Waals surface area contributed by atoms with Crippen molar-refractivity contribution in [1.29, 1.82) is 0 Å². The summed E-state index contributed by atoms with van der Waals surface area (Å²) < 4.78 is 13.4. The summed E-state index contributed by atoms with van der Waals surface area (Å²) in [5.74, 6) is -3.88. The van der Waals surface area contributed by atoms with E-state index in [4.69, 9.17) is 0 Å². The second kappa shape index (κ2) is 5.81. The summed E-state index contributed by atoms with van der Waals surface area (Å²) in [4.78, 5) is 46.2. The Kier molecular flexibility index (Phi) is 5.23. The Balaban J connectivity index is 4.98. The zero-order valence-electron chi connectivity index (χ0n) is 11.9. The molecule has 0 amide bonds. The summed E-state index contributed by atoms with van der Waals surface area (Å²) in [5.41, 5.74) is -3.28. The molecule has 7 heteroatoms. The van der Waals surface area contributed by atoms with Gasteiger partial charge in [0.1, 0.15) is 0 Å². The number of ether oxygens (including phenoxy) is 3. The molecule has 19 heavy (non-hydrogen) atoms. The minimum Gasteiger partial charge on any atom is -0.468 e. The number of hydrogen-bond donors (Lipinski definition) is 0. The van der Waals surface area contributed by atoms with Crippen molar-refractivity contribution >= 4 is 23.9 Å². The van der Waals surface area contributed by atoms with Crippen LogP contribution in [0.4, 0.5) is 0 Å². The maximum atomic E-state index is 11.7. The fraction of sp³-hybridized carbons (Fsp3) is 0.667. The SMILES string of the molecule is COC(=O)C(C)(C)C(=O)OC(=O)C(C)(C)C(=O)OC. The molecule has 0 saturated carbocycles. The van der Waals surface area contributed by atoms with Gasteiger partial charge in [0.05, 0.1) is 14.2 Å². The normalized spacial score (nSPS) is 11.5. The summed E-state index contributed by atoms with van der Waals surface area (Å²) in [6, 6.07) is 0. The van der Waals surface area contributed by atoms with Gasteiger partial charge in [-0.05, 0) is 27.7 Å². The zero-order valence-corrected chi connectivity index (χ0v) is 11.9. The van der Waals surface area contributed by atoms with E-state index in [1.807, 2.05) is 0 Å². The van der Waals surface area contributed by atoms with Gasteiger partial charge in [0.2, 0.25) is 0 Å². The highest BCUT2D eigenvalue weighted by atomic mass is 16.6. The summed E-state index contributed by atoms with van der Waals surface area (Å²) in [6.45, 7) is 5.00. The van der Waals surface area contributed by atoms with Crippen LogP contribution in [0.1, 0.15) is 27.7 Å². The standard InChI is InChI=1S/C12H18O7/c1-11(2,7(13)17-5)9(15)19-10(16)12(3,4)8(14)18-6/h1-6H3. The predicted octanol–water partition coefficient (Wildman–Crippen LogP) is 0.455. The maximum absolute atomic E-state index is 11.7. The highest BCUT2D eigenvalue weighted by molar-refractivity contribution is 6.07. The van der Waals surface area contributed by atoms with Crippen molar-refractivity contribution in [2.24, 2.45) is 10.8 Å². The molecular weight excluding hydrogens is 256 g/mol. The van der Waals surface area contributed by atoms with E-state index in [2.05, 4.69) is 14.2 Å². The first-order chi connectivity index (χ1) is 8.51. The Bertz CT molecular complexity index is 368. The molecule has 0 aliphatic carbocycles. The van der Waals surface area contributed by atoms with Gasteiger partial charge in [0.15, 0.2) is 10.8 Å². The van der Waals surface area contributed by atoms with E-state index in [9.17, 15) is 19.2 Å². The fourth-order valence-electron chi connectivity index (χ4n) is 1.02. The topological polar surface area (TPSA) is 96.0 Å². The highest BCUT2D eigenvalue weighted by Gasteiger charge is 2.45. The van der Waals surface area contributed by atoms with Gasteiger partial charge in [-0.15, -0.1) is 0 Å². The monoisotopic (exact) mass is 274 g/mol. The third kappa shape index (κ3) is 3.52. The lowest BCUT2D eigenvalue weighted by Gasteiger charge is -2.23. The van der Waals surface area contributed by atoms with Crippen molar-refractivity contribution < 1.29 is 33.4 Å². The summed E-state index contributed by atoms with van der Waals surface area (Å²) in [5, 5.41) is 0. The van der Waals surface area contributed by atoms with Crippen LogP contribution in [0, 0.1) is 10.8 Å². The van der Waals surface area contributed by atoms with Crippen LogP contribution in [0.15, 0.2) is 0 Å². The van der Waals surface area contributed by atoms with Crippen LogP contribution < -0.4 is 0 Å². The summed E-state index contributed by atoms with van der Waals surface area (Å²) in [7, 11) is 2.22. The van der Waals surface area contributed by atoms with Crippen molar-refractivity contribution in [3.8, 4) is 0 Å². The van der Waals surface area contributed by atoms with E-state index in [-0.39, 0.29) is 0 Å².